The highest BCUT2D eigenvalue weighted by Crippen LogP contribution is 2.37. The van der Waals surface area contributed by atoms with Gasteiger partial charge in [-0.2, -0.15) is 0 Å². The number of ether oxygens (including phenoxy) is 2. The molecule has 2 rings (SSSR count). The molecule has 1 N–H and O–H groups in total. The molecule has 0 fully saturated rings. The van der Waals surface area contributed by atoms with Crippen molar-refractivity contribution in [2.75, 3.05) is 13.2 Å². The van der Waals surface area contributed by atoms with Crippen molar-refractivity contribution >= 4 is 17.6 Å². The van der Waals surface area contributed by atoms with Crippen molar-refractivity contribution in [2.24, 2.45) is 0 Å². The number of phenols is 1. The summed E-state index contributed by atoms with van der Waals surface area (Å²) in [6.45, 7) is 6.60. The van der Waals surface area contributed by atoms with Crippen LogP contribution in [0.1, 0.15) is 46.0 Å². The van der Waals surface area contributed by atoms with Crippen molar-refractivity contribution in [1.29, 1.82) is 0 Å². The van der Waals surface area contributed by atoms with Crippen LogP contribution in [0.15, 0.2) is 18.2 Å². The number of nitro benzene ring substituents is 1. The highest BCUT2D eigenvalue weighted by atomic mass is 16.6. The second-order valence-corrected chi connectivity index (χ2v) is 5.81. The highest BCUT2D eigenvalue weighted by molar-refractivity contribution is 6.07. The van der Waals surface area contributed by atoms with Gasteiger partial charge in [0.25, 0.3) is 0 Å². The van der Waals surface area contributed by atoms with Gasteiger partial charge in [0.1, 0.15) is 0 Å². The molecule has 28 heavy (non-hydrogen) atoms. The van der Waals surface area contributed by atoms with Crippen LogP contribution in [0.3, 0.4) is 0 Å². The number of carbonyl (C=O) groups is 2. The number of aromatic nitrogens is 1. The highest BCUT2D eigenvalue weighted by Gasteiger charge is 2.29. The normalized spacial score (nSPS) is 10.4. The summed E-state index contributed by atoms with van der Waals surface area (Å²) in [5.74, 6) is -1.97. The summed E-state index contributed by atoms with van der Waals surface area (Å²) in [6.07, 6.45) is 0. The second kappa shape index (κ2) is 8.47. The molecule has 0 atom stereocenters. The Hall–Kier alpha value is -3.49. The van der Waals surface area contributed by atoms with Crippen LogP contribution in [0.4, 0.5) is 5.69 Å². The molecule has 0 saturated heterocycles. The number of nitro groups is 1. The van der Waals surface area contributed by atoms with Crippen LogP contribution in [0.2, 0.25) is 0 Å². The number of aryl methyl sites for hydroxylation is 2. The molecule has 0 aliphatic rings. The van der Waals surface area contributed by atoms with E-state index in [4.69, 9.17) is 9.47 Å². The smallest absolute Gasteiger partial charge is 0.340 e. The van der Waals surface area contributed by atoms with E-state index in [9.17, 15) is 24.8 Å². The van der Waals surface area contributed by atoms with E-state index in [0.717, 1.165) is 12.1 Å². The fourth-order valence-electron chi connectivity index (χ4n) is 2.87. The quantitative estimate of drug-likeness (QED) is 0.453. The van der Waals surface area contributed by atoms with Crippen molar-refractivity contribution < 1.29 is 29.1 Å². The Morgan fingerprint density at radius 1 is 1.07 bits per heavy atom. The third kappa shape index (κ3) is 3.93. The predicted molar refractivity (Wildman–Crippen MR) is 99.4 cm³/mol. The van der Waals surface area contributed by atoms with Crippen LogP contribution in [0.5, 0.6) is 5.75 Å². The fraction of sp³-hybridized carbons (Fsp3) is 0.316. The average molecular weight is 388 g/mol. The number of hydrogen-bond acceptors (Lipinski definition) is 8. The average Bonchev–Trinajstić information content (AvgIpc) is 2.61. The molecule has 0 amide bonds. The summed E-state index contributed by atoms with van der Waals surface area (Å²) in [5.41, 5.74) is 0.360. The van der Waals surface area contributed by atoms with Gasteiger partial charge in [0.2, 0.25) is 0 Å². The lowest BCUT2D eigenvalue weighted by molar-refractivity contribution is -0.385. The first-order chi connectivity index (χ1) is 13.2. The molecular formula is C19H20N2O7. The summed E-state index contributed by atoms with van der Waals surface area (Å²) in [4.78, 5) is 39.9. The van der Waals surface area contributed by atoms with E-state index in [0.29, 0.717) is 11.4 Å². The van der Waals surface area contributed by atoms with E-state index in [2.05, 4.69) is 4.98 Å². The first-order valence-electron chi connectivity index (χ1n) is 8.56. The van der Waals surface area contributed by atoms with Crippen LogP contribution in [-0.4, -0.2) is 40.2 Å². The van der Waals surface area contributed by atoms with Gasteiger partial charge in [-0.1, -0.05) is 6.07 Å². The van der Waals surface area contributed by atoms with Gasteiger partial charge in [0.05, 0.1) is 40.7 Å². The number of hydrogen-bond donors (Lipinski definition) is 1. The lowest BCUT2D eigenvalue weighted by Gasteiger charge is -2.17. The summed E-state index contributed by atoms with van der Waals surface area (Å²) in [7, 11) is 0. The van der Waals surface area contributed by atoms with E-state index in [1.165, 1.54) is 6.07 Å². The van der Waals surface area contributed by atoms with E-state index in [1.54, 1.807) is 27.7 Å². The Bertz CT molecular complexity index is 912. The van der Waals surface area contributed by atoms with Gasteiger partial charge in [-0.15, -0.1) is 0 Å². The maximum atomic E-state index is 12.6. The van der Waals surface area contributed by atoms with Gasteiger partial charge in [-0.05, 0) is 39.3 Å². The molecule has 148 valence electrons. The first-order valence-corrected chi connectivity index (χ1v) is 8.56. The van der Waals surface area contributed by atoms with Crippen LogP contribution in [0.25, 0.3) is 11.1 Å². The number of esters is 2. The molecule has 0 unspecified atom stereocenters. The topological polar surface area (TPSA) is 129 Å². The second-order valence-electron chi connectivity index (χ2n) is 5.81. The van der Waals surface area contributed by atoms with Gasteiger partial charge in [0, 0.05) is 11.6 Å². The Kier molecular flexibility index (Phi) is 6.29. The Morgan fingerprint density at radius 3 is 2.00 bits per heavy atom. The van der Waals surface area contributed by atoms with Gasteiger partial charge in [-0.3, -0.25) is 15.1 Å². The molecule has 0 aliphatic carbocycles. The zero-order valence-corrected chi connectivity index (χ0v) is 15.9. The largest absolute Gasteiger partial charge is 0.502 e. The third-order valence-corrected chi connectivity index (χ3v) is 3.98. The lowest BCUT2D eigenvalue weighted by atomic mass is 9.92. The zero-order valence-electron chi connectivity index (χ0n) is 15.9. The predicted octanol–water partition coefficient (Wildman–Crippen LogP) is 3.33. The van der Waals surface area contributed by atoms with E-state index in [1.807, 2.05) is 0 Å². The number of nitrogens with zero attached hydrogens (tertiary/aromatic N) is 2. The van der Waals surface area contributed by atoms with E-state index in [-0.39, 0.29) is 35.5 Å². The molecule has 0 radical (unpaired) electrons. The molecule has 9 heteroatoms. The van der Waals surface area contributed by atoms with Crippen LogP contribution < -0.4 is 0 Å². The lowest BCUT2D eigenvalue weighted by Crippen LogP contribution is -2.17. The molecule has 0 saturated carbocycles. The van der Waals surface area contributed by atoms with Crippen molar-refractivity contribution in [3.63, 3.8) is 0 Å². The summed E-state index contributed by atoms with van der Waals surface area (Å²) >= 11 is 0. The van der Waals surface area contributed by atoms with Crippen molar-refractivity contribution in [1.82, 2.24) is 4.98 Å². The number of pyridine rings is 1. The first kappa shape index (κ1) is 20.8. The summed E-state index contributed by atoms with van der Waals surface area (Å²) in [5, 5.41) is 21.0. The molecule has 0 aliphatic heterocycles. The maximum absolute atomic E-state index is 12.6. The molecular weight excluding hydrogens is 368 g/mol. The molecule has 1 aromatic carbocycles. The maximum Gasteiger partial charge on any atom is 0.340 e. The monoisotopic (exact) mass is 388 g/mol. The zero-order chi connectivity index (χ0) is 21.0. The molecule has 0 bridgehead atoms. The molecule has 1 heterocycles. The third-order valence-electron chi connectivity index (χ3n) is 3.98. The Labute approximate surface area is 161 Å². The Morgan fingerprint density at radius 2 is 1.57 bits per heavy atom. The fourth-order valence-corrected chi connectivity index (χ4v) is 2.87. The van der Waals surface area contributed by atoms with Crippen molar-refractivity contribution in [3.8, 4) is 16.9 Å². The number of rotatable bonds is 6. The van der Waals surface area contributed by atoms with E-state index < -0.39 is 28.3 Å². The van der Waals surface area contributed by atoms with Crippen LogP contribution in [-0.2, 0) is 9.47 Å². The number of phenolic OH excluding ortho intramolecular Hbond substituents is 1. The number of carbonyl (C=O) groups excluding carboxylic acids is 2. The minimum absolute atomic E-state index is 0.00971. The van der Waals surface area contributed by atoms with Gasteiger partial charge in [-0.25, -0.2) is 9.59 Å². The van der Waals surface area contributed by atoms with Gasteiger partial charge < -0.3 is 14.6 Å². The standard InChI is InChI=1S/C19H20N2O7/c1-5-27-18(23)15-10(3)20-11(4)16(19(24)28-6-2)17(15)12-7-8-14(22)13(9-12)21(25)26/h7-9,22H,5-6H2,1-4H3. The molecule has 1 aromatic heterocycles. The number of aromatic hydroxyl groups is 1. The van der Waals surface area contributed by atoms with Gasteiger partial charge >= 0.3 is 17.6 Å². The van der Waals surface area contributed by atoms with E-state index >= 15 is 0 Å². The molecule has 9 nitrogen and oxygen atoms in total. The molecule has 2 aromatic rings. The summed E-state index contributed by atoms with van der Waals surface area (Å²) in [6, 6.07) is 3.60. The molecule has 0 spiro atoms. The SMILES string of the molecule is CCOC(=O)c1c(C)nc(C)c(C(=O)OCC)c1-c1ccc(O)c([N+](=O)[O-])c1. The van der Waals surface area contributed by atoms with Gasteiger partial charge in [0.15, 0.2) is 5.75 Å². The van der Waals surface area contributed by atoms with Crippen LogP contribution >= 0.6 is 0 Å². The van der Waals surface area contributed by atoms with Crippen molar-refractivity contribution in [2.45, 2.75) is 27.7 Å². The summed E-state index contributed by atoms with van der Waals surface area (Å²) < 4.78 is 10.2. The minimum Gasteiger partial charge on any atom is -0.502 e. The number of benzene rings is 1. The minimum atomic E-state index is -0.756. The Balaban J connectivity index is 2.92. The van der Waals surface area contributed by atoms with Crippen molar-refractivity contribution in [3.05, 3.63) is 50.8 Å². The van der Waals surface area contributed by atoms with Crippen LogP contribution in [0, 0.1) is 24.0 Å².